The normalized spacial score (nSPS) is 20.2. The third-order valence-electron chi connectivity index (χ3n) is 5.43. The highest BCUT2D eigenvalue weighted by Gasteiger charge is 2.50. The Hall–Kier alpha value is -3.25. The molecule has 3 amide bonds. The summed E-state index contributed by atoms with van der Waals surface area (Å²) < 4.78 is 13.4. The van der Waals surface area contributed by atoms with E-state index in [0.29, 0.717) is 6.54 Å². The van der Waals surface area contributed by atoms with Crippen molar-refractivity contribution in [1.82, 2.24) is 10.2 Å². The van der Waals surface area contributed by atoms with Crippen molar-refractivity contribution in [3.05, 3.63) is 83.7 Å². The monoisotopic (exact) mass is 392 g/mol. The number of hydrogen-bond donors (Lipinski definition) is 2. The number of benzene rings is 3. The van der Waals surface area contributed by atoms with E-state index in [9.17, 15) is 14.0 Å². The van der Waals surface area contributed by atoms with Gasteiger partial charge in [0, 0.05) is 5.56 Å². The summed E-state index contributed by atoms with van der Waals surface area (Å²) >= 11 is 0. The number of hydrogen-bond acceptors (Lipinski definition) is 2. The average Bonchev–Trinajstić information content (AvgIpc) is 2.91. The van der Waals surface area contributed by atoms with Crippen molar-refractivity contribution in [2.45, 2.75) is 19.0 Å². The van der Waals surface area contributed by atoms with Crippen molar-refractivity contribution in [2.24, 2.45) is 0 Å². The van der Waals surface area contributed by atoms with Crippen molar-refractivity contribution < 1.29 is 18.9 Å². The molecule has 0 saturated carbocycles. The standard InChI is InChI=1S/C23H22FN3O2/c1-23(20-12-6-9-17-8-3-4-11-19(17)20)21(28)27(22(29)25-23)15-26(2)14-16-7-5-10-18(24)13-16/h3-13H,14-15H2,1-2H3,(H,25,29)/p+1/t23-/m1/s1. The minimum atomic E-state index is -1.13. The lowest BCUT2D eigenvalue weighted by atomic mass is 9.88. The zero-order valence-electron chi connectivity index (χ0n) is 16.4. The second-order valence-corrected chi connectivity index (χ2v) is 7.74. The van der Waals surface area contributed by atoms with Crippen LogP contribution in [0.4, 0.5) is 9.18 Å². The quantitative estimate of drug-likeness (QED) is 0.656. The summed E-state index contributed by atoms with van der Waals surface area (Å²) in [6.45, 7) is 2.44. The van der Waals surface area contributed by atoms with Gasteiger partial charge in [-0.15, -0.1) is 0 Å². The van der Waals surface area contributed by atoms with E-state index in [2.05, 4.69) is 5.32 Å². The molecule has 1 heterocycles. The van der Waals surface area contributed by atoms with Crippen LogP contribution in [0.2, 0.25) is 0 Å². The summed E-state index contributed by atoms with van der Waals surface area (Å²) in [4.78, 5) is 28.1. The minimum Gasteiger partial charge on any atom is -0.319 e. The summed E-state index contributed by atoms with van der Waals surface area (Å²) in [6, 6.07) is 19.5. The van der Waals surface area contributed by atoms with Crippen molar-refractivity contribution in [3.63, 3.8) is 0 Å². The van der Waals surface area contributed by atoms with E-state index in [1.165, 1.54) is 17.0 Å². The lowest BCUT2D eigenvalue weighted by Crippen LogP contribution is -3.09. The van der Waals surface area contributed by atoms with Gasteiger partial charge in [-0.3, -0.25) is 4.79 Å². The predicted molar refractivity (Wildman–Crippen MR) is 109 cm³/mol. The van der Waals surface area contributed by atoms with Crippen LogP contribution in [0.25, 0.3) is 10.8 Å². The molecule has 3 aromatic carbocycles. The van der Waals surface area contributed by atoms with Gasteiger partial charge in [-0.05, 0) is 35.4 Å². The SMILES string of the molecule is C[NH+](Cc1cccc(F)c1)CN1C(=O)N[C@](C)(c2cccc3ccccc23)C1=O. The first-order valence-corrected chi connectivity index (χ1v) is 9.56. The fraction of sp³-hybridized carbons (Fsp3) is 0.217. The van der Waals surface area contributed by atoms with Crippen molar-refractivity contribution in [1.29, 1.82) is 0 Å². The summed E-state index contributed by atoms with van der Waals surface area (Å²) in [5.41, 5.74) is 0.461. The number of nitrogens with one attached hydrogen (secondary N) is 2. The van der Waals surface area contributed by atoms with Crippen LogP contribution in [-0.4, -0.2) is 30.6 Å². The van der Waals surface area contributed by atoms with Crippen LogP contribution < -0.4 is 10.2 Å². The van der Waals surface area contributed by atoms with E-state index in [1.807, 2.05) is 55.6 Å². The molecule has 0 aromatic heterocycles. The van der Waals surface area contributed by atoms with E-state index in [-0.39, 0.29) is 18.4 Å². The van der Waals surface area contributed by atoms with Crippen LogP contribution in [-0.2, 0) is 16.9 Å². The molecule has 1 aliphatic heterocycles. The molecule has 0 radical (unpaired) electrons. The Bertz CT molecular complexity index is 1090. The molecule has 1 saturated heterocycles. The zero-order chi connectivity index (χ0) is 20.6. The first-order valence-electron chi connectivity index (χ1n) is 9.56. The highest BCUT2D eigenvalue weighted by atomic mass is 19.1. The lowest BCUT2D eigenvalue weighted by Gasteiger charge is -2.24. The Morgan fingerprint density at radius 1 is 1.03 bits per heavy atom. The van der Waals surface area contributed by atoms with Crippen LogP contribution in [0.3, 0.4) is 0 Å². The molecular formula is C23H23FN3O2+. The molecule has 1 aliphatic rings. The van der Waals surface area contributed by atoms with Crippen LogP contribution in [0.5, 0.6) is 0 Å². The zero-order valence-corrected chi connectivity index (χ0v) is 16.4. The maximum absolute atomic E-state index is 13.4. The van der Waals surface area contributed by atoms with Crippen molar-refractivity contribution in [3.8, 4) is 0 Å². The van der Waals surface area contributed by atoms with E-state index in [4.69, 9.17) is 0 Å². The van der Waals surface area contributed by atoms with Crippen molar-refractivity contribution in [2.75, 3.05) is 13.7 Å². The molecule has 29 heavy (non-hydrogen) atoms. The summed E-state index contributed by atoms with van der Waals surface area (Å²) in [5.74, 6) is -0.578. The number of halogens is 1. The molecule has 5 nitrogen and oxygen atoms in total. The predicted octanol–water partition coefficient (Wildman–Crippen LogP) is 2.42. The fourth-order valence-corrected chi connectivity index (χ4v) is 4.01. The Morgan fingerprint density at radius 2 is 1.76 bits per heavy atom. The number of urea groups is 1. The molecule has 148 valence electrons. The smallest absolute Gasteiger partial charge is 0.319 e. The van der Waals surface area contributed by atoms with Gasteiger partial charge in [0.1, 0.15) is 17.9 Å². The van der Waals surface area contributed by atoms with Gasteiger partial charge in [0.05, 0.1) is 7.05 Å². The molecule has 0 spiro atoms. The first kappa shape index (κ1) is 19.1. The second kappa shape index (κ2) is 7.29. The number of amides is 3. The Balaban J connectivity index is 1.58. The van der Waals surface area contributed by atoms with Gasteiger partial charge in [0.25, 0.3) is 5.91 Å². The maximum Gasteiger partial charge on any atom is 0.329 e. The highest BCUT2D eigenvalue weighted by molar-refractivity contribution is 6.09. The van der Waals surface area contributed by atoms with Crippen LogP contribution in [0.1, 0.15) is 18.1 Å². The number of carbonyl (C=O) groups excluding carboxylic acids is 2. The summed E-state index contributed by atoms with van der Waals surface area (Å²) in [7, 11) is 1.87. The number of quaternary nitrogens is 1. The first-order chi connectivity index (χ1) is 13.9. The number of rotatable bonds is 5. The number of imide groups is 1. The van der Waals surface area contributed by atoms with E-state index in [1.54, 1.807) is 13.0 Å². The minimum absolute atomic E-state index is 0.196. The van der Waals surface area contributed by atoms with Crippen molar-refractivity contribution >= 4 is 22.7 Å². The van der Waals surface area contributed by atoms with Crippen LogP contribution in [0.15, 0.2) is 66.7 Å². The van der Waals surface area contributed by atoms with Crippen LogP contribution >= 0.6 is 0 Å². The topological polar surface area (TPSA) is 53.9 Å². The van der Waals surface area contributed by atoms with Gasteiger partial charge in [-0.1, -0.05) is 54.6 Å². The van der Waals surface area contributed by atoms with Gasteiger partial charge >= 0.3 is 6.03 Å². The molecule has 0 aliphatic carbocycles. The van der Waals surface area contributed by atoms with Gasteiger partial charge in [0.15, 0.2) is 6.67 Å². The van der Waals surface area contributed by atoms with Gasteiger partial charge in [-0.2, -0.15) is 0 Å². The molecule has 0 bridgehead atoms. The van der Waals surface area contributed by atoms with E-state index < -0.39 is 11.6 Å². The number of carbonyl (C=O) groups is 2. The number of nitrogens with zero attached hydrogens (tertiary/aromatic N) is 1. The number of fused-ring (bicyclic) bond motifs is 1. The molecule has 3 aromatic rings. The maximum atomic E-state index is 13.4. The largest absolute Gasteiger partial charge is 0.329 e. The van der Waals surface area contributed by atoms with Gasteiger partial charge < -0.3 is 10.2 Å². The molecular weight excluding hydrogens is 369 g/mol. The molecule has 4 rings (SSSR count). The van der Waals surface area contributed by atoms with E-state index >= 15 is 0 Å². The molecule has 2 atom stereocenters. The Kier molecular flexibility index (Phi) is 4.80. The van der Waals surface area contributed by atoms with Gasteiger partial charge in [-0.25, -0.2) is 14.1 Å². The Morgan fingerprint density at radius 3 is 2.55 bits per heavy atom. The molecule has 1 unspecified atom stereocenters. The Labute approximate surface area is 168 Å². The molecule has 6 heteroatoms. The molecule has 2 N–H and O–H groups in total. The highest BCUT2D eigenvalue weighted by Crippen LogP contribution is 2.33. The van der Waals surface area contributed by atoms with E-state index in [0.717, 1.165) is 26.8 Å². The lowest BCUT2D eigenvalue weighted by molar-refractivity contribution is -0.901. The third-order valence-corrected chi connectivity index (χ3v) is 5.43. The third kappa shape index (κ3) is 3.47. The summed E-state index contributed by atoms with van der Waals surface area (Å²) in [6.07, 6.45) is 0. The molecule has 1 fully saturated rings. The average molecular weight is 392 g/mol. The summed E-state index contributed by atoms with van der Waals surface area (Å²) in [5, 5.41) is 4.83. The fourth-order valence-electron chi connectivity index (χ4n) is 4.01. The second-order valence-electron chi connectivity index (χ2n) is 7.74. The van der Waals surface area contributed by atoms with Crippen LogP contribution in [0, 0.1) is 5.82 Å². The van der Waals surface area contributed by atoms with Gasteiger partial charge in [0.2, 0.25) is 0 Å².